The third-order valence-electron chi connectivity index (χ3n) is 4.88. The molecule has 0 aliphatic rings. The molecule has 1 heterocycles. The molecule has 0 unspecified atom stereocenters. The molecule has 0 aliphatic carbocycles. The lowest BCUT2D eigenvalue weighted by atomic mass is 9.84. The molecule has 1 aromatic heterocycles. The lowest BCUT2D eigenvalue weighted by Crippen LogP contribution is -2.37. The highest BCUT2D eigenvalue weighted by atomic mass is 35.5. The fraction of sp³-hybridized carbons (Fsp3) is 0.304. The summed E-state index contributed by atoms with van der Waals surface area (Å²) < 4.78 is 10.6. The standard InChI is InChI=1S/C23H25ClN2O3S/c1-23(2,16-6-8-17(24)9-7-16)14-25-21(27)12-18-13-30-22(26-18)15-5-10-19(28-3)20(11-15)29-4/h5-11,13H,12,14H2,1-4H3,(H,25,27). The molecule has 2 aromatic carbocycles. The van der Waals surface area contributed by atoms with Crippen LogP contribution in [0.15, 0.2) is 47.8 Å². The third kappa shape index (κ3) is 5.32. The van der Waals surface area contributed by atoms with E-state index in [4.69, 9.17) is 21.1 Å². The normalized spacial score (nSPS) is 11.2. The van der Waals surface area contributed by atoms with Crippen LogP contribution in [0.3, 0.4) is 0 Å². The molecule has 5 nitrogen and oxygen atoms in total. The lowest BCUT2D eigenvalue weighted by molar-refractivity contribution is -0.120. The highest BCUT2D eigenvalue weighted by molar-refractivity contribution is 7.13. The van der Waals surface area contributed by atoms with E-state index in [1.54, 1.807) is 14.2 Å². The Morgan fingerprint density at radius 1 is 1.10 bits per heavy atom. The van der Waals surface area contributed by atoms with Gasteiger partial charge in [-0.2, -0.15) is 0 Å². The number of methoxy groups -OCH3 is 2. The van der Waals surface area contributed by atoms with Crippen LogP contribution in [0.4, 0.5) is 0 Å². The highest BCUT2D eigenvalue weighted by Crippen LogP contribution is 2.33. The molecule has 0 saturated carbocycles. The number of hydrogen-bond donors (Lipinski definition) is 1. The van der Waals surface area contributed by atoms with E-state index < -0.39 is 0 Å². The lowest BCUT2D eigenvalue weighted by Gasteiger charge is -2.25. The maximum absolute atomic E-state index is 12.5. The maximum atomic E-state index is 12.5. The second-order valence-corrected chi connectivity index (χ2v) is 8.85. The molecule has 1 amide bonds. The van der Waals surface area contributed by atoms with Crippen LogP contribution in [0.25, 0.3) is 10.6 Å². The summed E-state index contributed by atoms with van der Waals surface area (Å²) in [5.41, 5.74) is 2.59. The Hall–Kier alpha value is -2.57. The Kier molecular flexibility index (Phi) is 7.00. The van der Waals surface area contributed by atoms with Crippen molar-refractivity contribution >= 4 is 28.8 Å². The molecular weight excluding hydrogens is 420 g/mol. The van der Waals surface area contributed by atoms with Gasteiger partial charge in [-0.1, -0.05) is 37.6 Å². The molecule has 3 aromatic rings. The monoisotopic (exact) mass is 444 g/mol. The molecule has 0 fully saturated rings. The molecule has 30 heavy (non-hydrogen) atoms. The molecule has 7 heteroatoms. The summed E-state index contributed by atoms with van der Waals surface area (Å²) in [6.45, 7) is 4.71. The van der Waals surface area contributed by atoms with Crippen LogP contribution in [-0.2, 0) is 16.6 Å². The van der Waals surface area contributed by atoms with Crippen molar-refractivity contribution in [3.05, 3.63) is 64.1 Å². The van der Waals surface area contributed by atoms with Crippen molar-refractivity contribution in [3.8, 4) is 22.1 Å². The van der Waals surface area contributed by atoms with Gasteiger partial charge in [0.05, 0.1) is 26.3 Å². The molecule has 158 valence electrons. The van der Waals surface area contributed by atoms with Crippen LogP contribution in [0.1, 0.15) is 25.1 Å². The number of hydrogen-bond acceptors (Lipinski definition) is 5. The topological polar surface area (TPSA) is 60.5 Å². The summed E-state index contributed by atoms with van der Waals surface area (Å²) in [6.07, 6.45) is 0.237. The van der Waals surface area contributed by atoms with E-state index in [0.717, 1.165) is 21.8 Å². The molecule has 0 saturated heterocycles. The van der Waals surface area contributed by atoms with Crippen LogP contribution in [0.5, 0.6) is 11.5 Å². The summed E-state index contributed by atoms with van der Waals surface area (Å²) in [6, 6.07) is 13.4. The van der Waals surface area contributed by atoms with Gasteiger partial charge in [-0.15, -0.1) is 11.3 Å². The molecule has 0 radical (unpaired) electrons. The largest absolute Gasteiger partial charge is 0.493 e. The second kappa shape index (κ2) is 9.49. The van der Waals surface area contributed by atoms with Gasteiger partial charge in [0.15, 0.2) is 11.5 Å². The first kappa shape index (κ1) is 22.1. The van der Waals surface area contributed by atoms with Crippen molar-refractivity contribution in [3.63, 3.8) is 0 Å². The van der Waals surface area contributed by atoms with E-state index in [-0.39, 0.29) is 17.7 Å². The van der Waals surface area contributed by atoms with Gasteiger partial charge >= 0.3 is 0 Å². The van der Waals surface area contributed by atoms with Crippen molar-refractivity contribution in [2.24, 2.45) is 0 Å². The summed E-state index contributed by atoms with van der Waals surface area (Å²) in [7, 11) is 3.20. The summed E-state index contributed by atoms with van der Waals surface area (Å²) in [5.74, 6) is 1.26. The zero-order valence-corrected chi connectivity index (χ0v) is 19.1. The van der Waals surface area contributed by atoms with Gasteiger partial charge in [0.2, 0.25) is 5.91 Å². The van der Waals surface area contributed by atoms with Gasteiger partial charge < -0.3 is 14.8 Å². The Labute approximate surface area is 186 Å². The summed E-state index contributed by atoms with van der Waals surface area (Å²) in [4.78, 5) is 17.1. The van der Waals surface area contributed by atoms with E-state index in [0.29, 0.717) is 23.1 Å². The zero-order valence-electron chi connectivity index (χ0n) is 17.5. The summed E-state index contributed by atoms with van der Waals surface area (Å²) in [5, 5.41) is 6.47. The molecule has 3 rings (SSSR count). The Morgan fingerprint density at radius 3 is 2.47 bits per heavy atom. The van der Waals surface area contributed by atoms with Crippen LogP contribution >= 0.6 is 22.9 Å². The molecule has 1 N–H and O–H groups in total. The Balaban J connectivity index is 1.62. The van der Waals surface area contributed by atoms with Crippen molar-refractivity contribution in [1.29, 1.82) is 0 Å². The maximum Gasteiger partial charge on any atom is 0.226 e. The highest BCUT2D eigenvalue weighted by Gasteiger charge is 2.21. The van der Waals surface area contributed by atoms with E-state index in [2.05, 4.69) is 24.1 Å². The van der Waals surface area contributed by atoms with Gasteiger partial charge in [0, 0.05) is 27.9 Å². The van der Waals surface area contributed by atoms with Gasteiger partial charge in [0.1, 0.15) is 5.01 Å². The van der Waals surface area contributed by atoms with Gasteiger partial charge in [-0.3, -0.25) is 4.79 Å². The predicted octanol–water partition coefficient (Wildman–Crippen LogP) is 5.12. The average Bonchev–Trinajstić information content (AvgIpc) is 3.20. The fourth-order valence-corrected chi connectivity index (χ4v) is 3.98. The van der Waals surface area contributed by atoms with Gasteiger partial charge in [0.25, 0.3) is 0 Å². The Bertz CT molecular complexity index is 1020. The van der Waals surface area contributed by atoms with Crippen LogP contribution in [-0.4, -0.2) is 31.7 Å². The number of halogens is 1. The molecule has 0 aliphatic heterocycles. The number of benzene rings is 2. The van der Waals surface area contributed by atoms with Crippen LogP contribution in [0.2, 0.25) is 5.02 Å². The van der Waals surface area contributed by atoms with Crippen LogP contribution < -0.4 is 14.8 Å². The number of nitrogens with zero attached hydrogens (tertiary/aromatic N) is 1. The number of rotatable bonds is 8. The third-order valence-corrected chi connectivity index (χ3v) is 6.07. The minimum absolute atomic E-state index is 0.0544. The van der Waals surface area contributed by atoms with E-state index in [9.17, 15) is 4.79 Å². The van der Waals surface area contributed by atoms with Crippen molar-refractivity contribution in [2.45, 2.75) is 25.7 Å². The number of nitrogens with one attached hydrogen (secondary N) is 1. The minimum atomic E-state index is -0.201. The first-order valence-corrected chi connectivity index (χ1v) is 10.8. The van der Waals surface area contributed by atoms with E-state index in [1.807, 2.05) is 47.8 Å². The Morgan fingerprint density at radius 2 is 1.80 bits per heavy atom. The van der Waals surface area contributed by atoms with Gasteiger partial charge in [-0.05, 0) is 35.9 Å². The minimum Gasteiger partial charge on any atom is -0.493 e. The quantitative estimate of drug-likeness (QED) is 0.524. The molecule has 0 spiro atoms. The van der Waals surface area contributed by atoms with Crippen molar-refractivity contribution in [1.82, 2.24) is 10.3 Å². The fourth-order valence-electron chi connectivity index (χ4n) is 3.04. The molecule has 0 bridgehead atoms. The SMILES string of the molecule is COc1ccc(-c2nc(CC(=O)NCC(C)(C)c3ccc(Cl)cc3)cs2)cc1OC. The van der Waals surface area contributed by atoms with Crippen molar-refractivity contribution < 1.29 is 14.3 Å². The zero-order chi connectivity index (χ0) is 21.7. The second-order valence-electron chi connectivity index (χ2n) is 7.56. The number of amides is 1. The average molecular weight is 445 g/mol. The number of carbonyl (C=O) groups is 1. The smallest absolute Gasteiger partial charge is 0.226 e. The van der Waals surface area contributed by atoms with Crippen LogP contribution in [0, 0.1) is 0 Å². The number of thiazole rings is 1. The first-order valence-electron chi connectivity index (χ1n) is 9.52. The van der Waals surface area contributed by atoms with E-state index in [1.165, 1.54) is 11.3 Å². The number of carbonyl (C=O) groups excluding carboxylic acids is 1. The molecule has 0 atom stereocenters. The van der Waals surface area contributed by atoms with E-state index >= 15 is 0 Å². The number of ether oxygens (including phenoxy) is 2. The molecular formula is C23H25ClN2O3S. The number of aromatic nitrogens is 1. The van der Waals surface area contributed by atoms with Crippen molar-refractivity contribution in [2.75, 3.05) is 20.8 Å². The first-order chi connectivity index (χ1) is 14.3. The predicted molar refractivity (Wildman–Crippen MR) is 122 cm³/mol. The summed E-state index contributed by atoms with van der Waals surface area (Å²) >= 11 is 7.47. The van der Waals surface area contributed by atoms with Gasteiger partial charge in [-0.25, -0.2) is 4.98 Å².